The Labute approximate surface area is 236 Å². The highest BCUT2D eigenvalue weighted by molar-refractivity contribution is 7.99. The van der Waals surface area contributed by atoms with Gasteiger partial charge in [-0.15, -0.1) is 23.1 Å². The maximum atomic E-state index is 12.7. The number of ether oxygens (including phenoxy) is 1. The molecule has 4 aromatic rings. The Morgan fingerprint density at radius 1 is 1.00 bits per heavy atom. The van der Waals surface area contributed by atoms with Crippen LogP contribution >= 0.6 is 23.1 Å². The summed E-state index contributed by atoms with van der Waals surface area (Å²) in [5.41, 5.74) is 2.71. The third-order valence-corrected chi connectivity index (χ3v) is 7.32. The number of nitrogens with one attached hydrogen (secondary N) is 1. The topological polar surface area (TPSA) is 96.6 Å². The van der Waals surface area contributed by atoms with Crippen molar-refractivity contribution in [2.45, 2.75) is 12.5 Å². The van der Waals surface area contributed by atoms with Gasteiger partial charge in [0.2, 0.25) is 5.71 Å². The zero-order valence-corrected chi connectivity index (χ0v) is 23.1. The fourth-order valence-electron chi connectivity index (χ4n) is 4.09. The van der Waals surface area contributed by atoms with E-state index in [1.165, 1.54) is 23.1 Å². The second-order valence-corrected chi connectivity index (χ2v) is 10.2. The molecular weight excluding hydrogens is 528 g/mol. The summed E-state index contributed by atoms with van der Waals surface area (Å²) in [4.78, 5) is 22.9. The first-order valence-corrected chi connectivity index (χ1v) is 14.4. The Kier molecular flexibility index (Phi) is 10.1. The van der Waals surface area contributed by atoms with Crippen LogP contribution < -0.4 is 5.32 Å². The van der Waals surface area contributed by atoms with Crippen molar-refractivity contribution < 1.29 is 14.4 Å². The highest BCUT2D eigenvalue weighted by atomic mass is 32.2. The largest absolute Gasteiger partial charge is 0.461 e. The molecule has 198 valence electrons. The summed E-state index contributed by atoms with van der Waals surface area (Å²) in [6, 6.07) is 32.7. The molecule has 1 aromatic heterocycles. The van der Waals surface area contributed by atoms with Crippen molar-refractivity contribution in [2.75, 3.05) is 30.0 Å². The molecule has 39 heavy (non-hydrogen) atoms. The van der Waals surface area contributed by atoms with E-state index in [-0.39, 0.29) is 18.9 Å². The van der Waals surface area contributed by atoms with Gasteiger partial charge in [0.1, 0.15) is 17.8 Å². The van der Waals surface area contributed by atoms with E-state index in [4.69, 9.17) is 19.8 Å². The number of carbonyl (C=O) groups is 1. The number of oxime groups is 1. The molecule has 0 spiro atoms. The van der Waals surface area contributed by atoms with E-state index in [0.29, 0.717) is 22.3 Å². The summed E-state index contributed by atoms with van der Waals surface area (Å²) in [5.74, 6) is 0.329. The lowest BCUT2D eigenvalue weighted by molar-refractivity contribution is -0.135. The van der Waals surface area contributed by atoms with Crippen molar-refractivity contribution in [3.8, 4) is 6.07 Å². The monoisotopic (exact) mass is 556 g/mol. The molecule has 4 rings (SSSR count). The van der Waals surface area contributed by atoms with Crippen LogP contribution in [0.2, 0.25) is 0 Å². The molecule has 0 saturated carbocycles. The van der Waals surface area contributed by atoms with Crippen molar-refractivity contribution in [3.63, 3.8) is 0 Å². The third-order valence-electron chi connectivity index (χ3n) is 5.77. The number of thiazole rings is 1. The Morgan fingerprint density at radius 3 is 2.08 bits per heavy atom. The van der Waals surface area contributed by atoms with Crippen LogP contribution in [-0.2, 0) is 19.9 Å². The Morgan fingerprint density at radius 2 is 1.56 bits per heavy atom. The van der Waals surface area contributed by atoms with Gasteiger partial charge in [0.25, 0.3) is 0 Å². The van der Waals surface area contributed by atoms with Gasteiger partial charge in [0, 0.05) is 11.1 Å². The molecule has 0 saturated heterocycles. The summed E-state index contributed by atoms with van der Waals surface area (Å²) in [5, 5.41) is 18.8. The molecule has 0 fully saturated rings. The number of nitrogens with zero attached hydrogens (tertiary/aromatic N) is 3. The Hall–Kier alpha value is -4.13. The van der Waals surface area contributed by atoms with Crippen LogP contribution in [-0.4, -0.2) is 41.4 Å². The smallest absolute Gasteiger partial charge is 0.362 e. The van der Waals surface area contributed by atoms with Crippen LogP contribution in [0.1, 0.15) is 29.3 Å². The SMILES string of the molecule is CCOC(=O)C(=NOCCSCC#N)c1csc(NC(c2ccccc2)(c2ccccc2)c2ccccc2)n1. The van der Waals surface area contributed by atoms with Crippen LogP contribution in [0.4, 0.5) is 5.13 Å². The maximum Gasteiger partial charge on any atom is 0.362 e. The van der Waals surface area contributed by atoms with E-state index in [1.807, 2.05) is 54.6 Å². The number of aromatic nitrogens is 1. The summed E-state index contributed by atoms with van der Waals surface area (Å²) >= 11 is 2.80. The van der Waals surface area contributed by atoms with Crippen molar-refractivity contribution in [1.82, 2.24) is 4.98 Å². The molecule has 0 aliphatic carbocycles. The molecule has 0 bridgehead atoms. The fraction of sp³-hybridized carbons (Fsp3) is 0.200. The number of hydrogen-bond acceptors (Lipinski definition) is 9. The maximum absolute atomic E-state index is 12.7. The highest BCUT2D eigenvalue weighted by Crippen LogP contribution is 2.40. The lowest BCUT2D eigenvalue weighted by atomic mass is 9.77. The average molecular weight is 557 g/mol. The number of carbonyl (C=O) groups excluding carboxylic acids is 1. The zero-order valence-electron chi connectivity index (χ0n) is 21.4. The molecular formula is C30H28N4O3S2. The van der Waals surface area contributed by atoms with Crippen LogP contribution in [0, 0.1) is 11.3 Å². The van der Waals surface area contributed by atoms with Crippen LogP contribution in [0.25, 0.3) is 0 Å². The van der Waals surface area contributed by atoms with E-state index in [1.54, 1.807) is 12.3 Å². The predicted molar refractivity (Wildman–Crippen MR) is 157 cm³/mol. The van der Waals surface area contributed by atoms with Crippen molar-refractivity contribution >= 4 is 39.9 Å². The Balaban J connectivity index is 1.73. The summed E-state index contributed by atoms with van der Waals surface area (Å²) in [6.45, 7) is 2.19. The molecule has 3 aromatic carbocycles. The lowest BCUT2D eigenvalue weighted by Crippen LogP contribution is -2.38. The summed E-state index contributed by atoms with van der Waals surface area (Å²) < 4.78 is 5.22. The summed E-state index contributed by atoms with van der Waals surface area (Å²) in [6.07, 6.45) is 0. The molecule has 0 atom stereocenters. The van der Waals surface area contributed by atoms with Crippen molar-refractivity contribution in [1.29, 1.82) is 5.26 Å². The van der Waals surface area contributed by atoms with Gasteiger partial charge >= 0.3 is 5.97 Å². The predicted octanol–water partition coefficient (Wildman–Crippen LogP) is 6.09. The number of nitriles is 1. The Bertz CT molecular complexity index is 1310. The van der Waals surface area contributed by atoms with E-state index in [0.717, 1.165) is 16.7 Å². The molecule has 1 heterocycles. The number of anilines is 1. The van der Waals surface area contributed by atoms with Gasteiger partial charge in [-0.1, -0.05) is 96.2 Å². The molecule has 0 unspecified atom stereocenters. The second kappa shape index (κ2) is 14.1. The number of benzene rings is 3. The number of rotatable bonds is 13. The third kappa shape index (κ3) is 6.85. The van der Waals surface area contributed by atoms with Crippen LogP contribution in [0.15, 0.2) is 102 Å². The molecule has 1 N–H and O–H groups in total. The molecule has 0 radical (unpaired) electrons. The number of hydrogen-bond donors (Lipinski definition) is 1. The molecule has 0 amide bonds. The number of thioether (sulfide) groups is 1. The van der Waals surface area contributed by atoms with Crippen molar-refractivity contribution in [3.05, 3.63) is 119 Å². The minimum absolute atomic E-state index is 0.00355. The minimum atomic E-state index is -0.755. The van der Waals surface area contributed by atoms with E-state index < -0.39 is 11.5 Å². The van der Waals surface area contributed by atoms with E-state index >= 15 is 0 Å². The fourth-order valence-corrected chi connectivity index (χ4v) is 5.27. The van der Waals surface area contributed by atoms with Gasteiger partial charge in [-0.05, 0) is 23.6 Å². The number of esters is 1. The first-order chi connectivity index (χ1) is 19.2. The minimum Gasteiger partial charge on any atom is -0.461 e. The quantitative estimate of drug-likeness (QED) is 0.0700. The van der Waals surface area contributed by atoms with E-state index in [9.17, 15) is 4.79 Å². The standard InChI is InChI=1S/C30H28N4O3S2/c1-2-36-28(35)27(34-37-19-21-38-20-18-31)26-22-39-29(32-26)33-30(23-12-6-3-7-13-23,24-14-8-4-9-15-24)25-16-10-5-11-17-25/h3-17,22H,2,19-21H2,1H3,(H,32,33). The highest BCUT2D eigenvalue weighted by Gasteiger charge is 2.37. The van der Waals surface area contributed by atoms with Gasteiger partial charge < -0.3 is 14.9 Å². The molecule has 9 heteroatoms. The molecule has 0 aliphatic heterocycles. The van der Waals surface area contributed by atoms with Crippen molar-refractivity contribution in [2.24, 2.45) is 5.16 Å². The molecule has 7 nitrogen and oxygen atoms in total. The lowest BCUT2D eigenvalue weighted by Gasteiger charge is -2.36. The second-order valence-electron chi connectivity index (χ2n) is 8.22. The van der Waals surface area contributed by atoms with E-state index in [2.05, 4.69) is 52.9 Å². The van der Waals surface area contributed by atoms with Gasteiger partial charge in [-0.25, -0.2) is 9.78 Å². The van der Waals surface area contributed by atoms with Gasteiger partial charge in [0.15, 0.2) is 5.13 Å². The first kappa shape index (κ1) is 27.9. The van der Waals surface area contributed by atoms with Gasteiger partial charge in [-0.2, -0.15) is 5.26 Å². The van der Waals surface area contributed by atoms with Crippen LogP contribution in [0.3, 0.4) is 0 Å². The van der Waals surface area contributed by atoms with Gasteiger partial charge in [-0.3, -0.25) is 0 Å². The average Bonchev–Trinajstić information content (AvgIpc) is 3.45. The zero-order chi connectivity index (χ0) is 27.3. The normalized spacial score (nSPS) is 11.4. The van der Waals surface area contributed by atoms with Crippen LogP contribution in [0.5, 0.6) is 0 Å². The first-order valence-electron chi connectivity index (χ1n) is 12.4. The summed E-state index contributed by atoms with van der Waals surface area (Å²) in [7, 11) is 0. The van der Waals surface area contributed by atoms with Gasteiger partial charge in [0.05, 0.1) is 18.4 Å². The molecule has 0 aliphatic rings.